The summed E-state index contributed by atoms with van der Waals surface area (Å²) in [6.07, 6.45) is 0.0832. The Labute approximate surface area is 121 Å². The van der Waals surface area contributed by atoms with Crippen molar-refractivity contribution in [3.63, 3.8) is 0 Å². The van der Waals surface area contributed by atoms with Crippen molar-refractivity contribution in [2.24, 2.45) is 0 Å². The predicted octanol–water partition coefficient (Wildman–Crippen LogP) is 2.66. The van der Waals surface area contributed by atoms with E-state index in [1.165, 1.54) is 18.2 Å². The second kappa shape index (κ2) is 5.54. The van der Waals surface area contributed by atoms with Gasteiger partial charge in [0.1, 0.15) is 5.82 Å². The molecule has 1 heterocycles. The summed E-state index contributed by atoms with van der Waals surface area (Å²) in [5.41, 5.74) is 8.25. The van der Waals surface area contributed by atoms with Gasteiger partial charge in [-0.05, 0) is 35.7 Å². The minimum Gasteiger partial charge on any atom is -0.397 e. The van der Waals surface area contributed by atoms with Gasteiger partial charge in [0.05, 0.1) is 18.0 Å². The number of anilines is 2. The number of hydrogen-bond acceptors (Lipinski definition) is 3. The maximum absolute atomic E-state index is 13.2. The number of ether oxygens (including phenoxy) is 1. The van der Waals surface area contributed by atoms with Crippen LogP contribution >= 0.6 is 0 Å². The van der Waals surface area contributed by atoms with Crippen molar-refractivity contribution < 1.29 is 13.9 Å². The lowest BCUT2D eigenvalue weighted by Crippen LogP contribution is -2.28. The summed E-state index contributed by atoms with van der Waals surface area (Å²) >= 11 is 0. The highest BCUT2D eigenvalue weighted by Crippen LogP contribution is 2.29. The maximum atomic E-state index is 13.2. The maximum Gasteiger partial charge on any atom is 0.258 e. The van der Waals surface area contributed by atoms with Gasteiger partial charge in [-0.15, -0.1) is 0 Å². The molecule has 1 atom stereocenters. The Bertz CT molecular complexity index is 688. The van der Waals surface area contributed by atoms with Gasteiger partial charge in [0.25, 0.3) is 5.91 Å². The molecule has 1 amide bonds. The van der Waals surface area contributed by atoms with Crippen LogP contribution < -0.4 is 11.1 Å². The second-order valence-corrected chi connectivity index (χ2v) is 4.92. The van der Waals surface area contributed by atoms with E-state index >= 15 is 0 Å². The minimum atomic E-state index is -0.697. The normalized spacial score (nSPS) is 17.1. The zero-order valence-electron chi connectivity index (χ0n) is 11.3. The first-order valence-corrected chi connectivity index (χ1v) is 6.70. The Morgan fingerprint density at radius 3 is 2.95 bits per heavy atom. The molecule has 5 heteroatoms. The Morgan fingerprint density at radius 1 is 1.29 bits per heavy atom. The molecule has 0 bridgehead atoms. The van der Waals surface area contributed by atoms with E-state index in [0.29, 0.717) is 12.3 Å². The molecule has 1 aliphatic rings. The molecule has 0 saturated carbocycles. The van der Waals surface area contributed by atoms with Crippen molar-refractivity contribution in [2.75, 3.05) is 17.7 Å². The molecule has 0 aromatic heterocycles. The van der Waals surface area contributed by atoms with E-state index < -0.39 is 11.9 Å². The molecule has 3 rings (SSSR count). The van der Waals surface area contributed by atoms with Gasteiger partial charge >= 0.3 is 0 Å². The molecule has 108 valence electrons. The largest absolute Gasteiger partial charge is 0.397 e. The van der Waals surface area contributed by atoms with E-state index in [0.717, 1.165) is 17.5 Å². The van der Waals surface area contributed by atoms with Crippen molar-refractivity contribution in [3.8, 4) is 0 Å². The van der Waals surface area contributed by atoms with Crippen LogP contribution in [0.5, 0.6) is 0 Å². The zero-order valence-corrected chi connectivity index (χ0v) is 11.3. The van der Waals surface area contributed by atoms with Crippen LogP contribution in [0.3, 0.4) is 0 Å². The molecule has 0 spiro atoms. The SMILES string of the molecule is Nc1ccc(F)cc1NC(=O)C1OCCc2ccccc21. The smallest absolute Gasteiger partial charge is 0.258 e. The minimum absolute atomic E-state index is 0.256. The summed E-state index contributed by atoms with van der Waals surface area (Å²) in [6.45, 7) is 0.480. The molecular formula is C16H15FN2O2. The van der Waals surface area contributed by atoms with E-state index in [9.17, 15) is 9.18 Å². The highest BCUT2D eigenvalue weighted by molar-refractivity contribution is 5.97. The van der Waals surface area contributed by atoms with Gasteiger partial charge in [0.15, 0.2) is 6.10 Å². The van der Waals surface area contributed by atoms with Crippen LogP contribution in [0.1, 0.15) is 17.2 Å². The van der Waals surface area contributed by atoms with Crippen LogP contribution in [0.15, 0.2) is 42.5 Å². The molecule has 21 heavy (non-hydrogen) atoms. The quantitative estimate of drug-likeness (QED) is 0.834. The summed E-state index contributed by atoms with van der Waals surface area (Å²) < 4.78 is 18.8. The van der Waals surface area contributed by atoms with Gasteiger partial charge < -0.3 is 15.8 Å². The molecule has 4 nitrogen and oxygen atoms in total. The molecule has 2 aromatic rings. The summed E-state index contributed by atoms with van der Waals surface area (Å²) in [7, 11) is 0. The van der Waals surface area contributed by atoms with Crippen LogP contribution in [0.25, 0.3) is 0 Å². The van der Waals surface area contributed by atoms with E-state index in [1.54, 1.807) is 0 Å². The van der Waals surface area contributed by atoms with Crippen LogP contribution in [0.2, 0.25) is 0 Å². The lowest BCUT2D eigenvalue weighted by molar-refractivity contribution is -0.128. The fourth-order valence-electron chi connectivity index (χ4n) is 2.45. The molecule has 0 radical (unpaired) electrons. The first-order chi connectivity index (χ1) is 10.1. The van der Waals surface area contributed by atoms with Gasteiger partial charge in [-0.1, -0.05) is 24.3 Å². The topological polar surface area (TPSA) is 64.3 Å². The molecule has 3 N–H and O–H groups in total. The molecule has 1 unspecified atom stereocenters. The lowest BCUT2D eigenvalue weighted by Gasteiger charge is -2.25. The van der Waals surface area contributed by atoms with Crippen molar-refractivity contribution >= 4 is 17.3 Å². The monoisotopic (exact) mass is 286 g/mol. The fraction of sp³-hybridized carbons (Fsp3) is 0.188. The summed E-state index contributed by atoms with van der Waals surface area (Å²) in [4.78, 5) is 12.4. The number of nitrogens with one attached hydrogen (secondary N) is 1. The van der Waals surface area contributed by atoms with E-state index in [-0.39, 0.29) is 11.6 Å². The number of hydrogen-bond donors (Lipinski definition) is 2. The van der Waals surface area contributed by atoms with Gasteiger partial charge in [-0.2, -0.15) is 0 Å². The van der Waals surface area contributed by atoms with E-state index in [1.807, 2.05) is 24.3 Å². The average Bonchev–Trinajstić information content (AvgIpc) is 2.50. The molecule has 1 aliphatic heterocycles. The Hall–Kier alpha value is -2.40. The van der Waals surface area contributed by atoms with Crippen LogP contribution in [0.4, 0.5) is 15.8 Å². The highest BCUT2D eigenvalue weighted by atomic mass is 19.1. The molecule has 0 saturated heterocycles. The molecule has 2 aromatic carbocycles. The number of nitrogen functional groups attached to an aromatic ring is 1. The van der Waals surface area contributed by atoms with Gasteiger partial charge in [0, 0.05) is 0 Å². The number of nitrogens with two attached hydrogens (primary N) is 1. The number of rotatable bonds is 2. The van der Waals surface area contributed by atoms with Crippen LogP contribution in [-0.4, -0.2) is 12.5 Å². The van der Waals surface area contributed by atoms with E-state index in [2.05, 4.69) is 5.32 Å². The number of fused-ring (bicyclic) bond motifs is 1. The van der Waals surface area contributed by atoms with Crippen molar-refractivity contribution in [1.82, 2.24) is 0 Å². The fourth-order valence-corrected chi connectivity index (χ4v) is 2.45. The van der Waals surface area contributed by atoms with Crippen molar-refractivity contribution in [2.45, 2.75) is 12.5 Å². The molecular weight excluding hydrogens is 271 g/mol. The molecule has 0 fully saturated rings. The third-order valence-electron chi connectivity index (χ3n) is 3.50. The highest BCUT2D eigenvalue weighted by Gasteiger charge is 2.27. The summed E-state index contributed by atoms with van der Waals surface area (Å²) in [5.74, 6) is -0.802. The van der Waals surface area contributed by atoms with Crippen molar-refractivity contribution in [3.05, 3.63) is 59.4 Å². The number of halogens is 1. The Balaban J connectivity index is 1.85. The number of amides is 1. The van der Waals surface area contributed by atoms with Gasteiger partial charge in [-0.3, -0.25) is 4.79 Å². The van der Waals surface area contributed by atoms with Crippen LogP contribution in [-0.2, 0) is 16.0 Å². The van der Waals surface area contributed by atoms with Gasteiger partial charge in [0.2, 0.25) is 0 Å². The number of benzene rings is 2. The van der Waals surface area contributed by atoms with Gasteiger partial charge in [-0.25, -0.2) is 4.39 Å². The average molecular weight is 286 g/mol. The Kier molecular flexibility index (Phi) is 3.58. The second-order valence-electron chi connectivity index (χ2n) is 4.92. The Morgan fingerprint density at radius 2 is 2.10 bits per heavy atom. The molecule has 0 aliphatic carbocycles. The lowest BCUT2D eigenvalue weighted by atomic mass is 9.97. The summed E-state index contributed by atoms with van der Waals surface area (Å²) in [5, 5.41) is 2.63. The summed E-state index contributed by atoms with van der Waals surface area (Å²) in [6, 6.07) is 11.5. The third kappa shape index (κ3) is 2.73. The standard InChI is InChI=1S/C16H15FN2O2/c17-11-5-6-13(18)14(9-11)19-16(20)15-12-4-2-1-3-10(12)7-8-21-15/h1-6,9,15H,7-8,18H2,(H,19,20). The number of carbonyl (C=O) groups excluding carboxylic acids is 1. The predicted molar refractivity (Wildman–Crippen MR) is 78.3 cm³/mol. The first-order valence-electron chi connectivity index (χ1n) is 6.70. The van der Waals surface area contributed by atoms with Crippen molar-refractivity contribution in [1.29, 1.82) is 0 Å². The van der Waals surface area contributed by atoms with E-state index in [4.69, 9.17) is 10.5 Å². The van der Waals surface area contributed by atoms with Crippen LogP contribution in [0, 0.1) is 5.82 Å². The zero-order chi connectivity index (χ0) is 14.8. The third-order valence-corrected chi connectivity index (χ3v) is 3.50. The number of carbonyl (C=O) groups is 1. The first kappa shape index (κ1) is 13.6.